The highest BCUT2D eigenvalue weighted by molar-refractivity contribution is 5.80. The first kappa shape index (κ1) is 18.9. The monoisotopic (exact) mass is 351 g/mol. The van der Waals surface area contributed by atoms with Crippen LogP contribution in [0.2, 0.25) is 0 Å². The van der Waals surface area contributed by atoms with Crippen molar-refractivity contribution in [2.45, 2.75) is 38.6 Å². The average molecular weight is 352 g/mol. The summed E-state index contributed by atoms with van der Waals surface area (Å²) in [5.41, 5.74) is 0. The van der Waals surface area contributed by atoms with Gasteiger partial charge < -0.3 is 19.9 Å². The van der Waals surface area contributed by atoms with Gasteiger partial charge in [0.15, 0.2) is 5.96 Å². The van der Waals surface area contributed by atoms with Crippen molar-refractivity contribution >= 4 is 5.96 Å². The van der Waals surface area contributed by atoms with Crippen LogP contribution < -0.4 is 5.32 Å². The summed E-state index contributed by atoms with van der Waals surface area (Å²) in [5.74, 6) is 1.74. The fourth-order valence-electron chi connectivity index (χ4n) is 4.42. The number of aliphatic imine (C=N–C) groups is 1. The van der Waals surface area contributed by atoms with E-state index >= 15 is 0 Å². The van der Waals surface area contributed by atoms with E-state index < -0.39 is 0 Å². The Balaban J connectivity index is 1.40. The van der Waals surface area contributed by atoms with Crippen molar-refractivity contribution in [3.05, 3.63) is 0 Å². The lowest BCUT2D eigenvalue weighted by molar-refractivity contribution is 0.0195. The van der Waals surface area contributed by atoms with Crippen LogP contribution in [0.25, 0.3) is 0 Å². The number of ether oxygens (including phenoxy) is 1. The van der Waals surface area contributed by atoms with E-state index in [4.69, 9.17) is 4.74 Å². The molecule has 0 radical (unpaired) electrons. The molecule has 3 aliphatic heterocycles. The normalized spacial score (nSPS) is 28.3. The summed E-state index contributed by atoms with van der Waals surface area (Å²) in [4.78, 5) is 12.2. The van der Waals surface area contributed by atoms with Crippen LogP contribution in [-0.4, -0.2) is 99.3 Å². The molecule has 0 spiro atoms. The minimum atomic E-state index is 0.660. The van der Waals surface area contributed by atoms with Crippen molar-refractivity contribution < 1.29 is 4.74 Å². The lowest BCUT2D eigenvalue weighted by Gasteiger charge is -2.32. The molecule has 0 aliphatic carbocycles. The first-order valence-electron chi connectivity index (χ1n) is 10.3. The van der Waals surface area contributed by atoms with Gasteiger partial charge in [0, 0.05) is 52.4 Å². The molecule has 0 bridgehead atoms. The smallest absolute Gasteiger partial charge is 0.193 e. The molecule has 3 aliphatic rings. The summed E-state index contributed by atoms with van der Waals surface area (Å²) in [6.45, 7) is 13.3. The highest BCUT2D eigenvalue weighted by Gasteiger charge is 2.30. The number of morpholine rings is 1. The molecule has 0 saturated carbocycles. The van der Waals surface area contributed by atoms with E-state index in [0.717, 1.165) is 51.9 Å². The lowest BCUT2D eigenvalue weighted by atomic mass is 10.1. The van der Waals surface area contributed by atoms with E-state index in [1.165, 1.54) is 45.3 Å². The predicted octanol–water partition coefficient (Wildman–Crippen LogP) is 1.09. The molecule has 6 heteroatoms. The van der Waals surface area contributed by atoms with Crippen LogP contribution >= 0.6 is 0 Å². The van der Waals surface area contributed by atoms with Gasteiger partial charge >= 0.3 is 0 Å². The third-order valence-electron chi connectivity index (χ3n) is 5.86. The van der Waals surface area contributed by atoms with Crippen LogP contribution in [0, 0.1) is 5.92 Å². The van der Waals surface area contributed by atoms with Crippen LogP contribution in [0.15, 0.2) is 4.99 Å². The van der Waals surface area contributed by atoms with Gasteiger partial charge in [0.05, 0.1) is 13.2 Å². The van der Waals surface area contributed by atoms with E-state index in [1.54, 1.807) is 0 Å². The number of rotatable bonds is 5. The molecule has 3 rings (SSSR count). The highest BCUT2D eigenvalue weighted by Crippen LogP contribution is 2.17. The van der Waals surface area contributed by atoms with Gasteiger partial charge in [0.25, 0.3) is 0 Å². The number of nitrogens with zero attached hydrogens (tertiary/aromatic N) is 4. The first-order chi connectivity index (χ1) is 12.3. The predicted molar refractivity (Wildman–Crippen MR) is 103 cm³/mol. The van der Waals surface area contributed by atoms with E-state index in [1.807, 2.05) is 7.05 Å². The summed E-state index contributed by atoms with van der Waals surface area (Å²) in [6, 6.07) is 0.660. The van der Waals surface area contributed by atoms with Crippen molar-refractivity contribution in [3.8, 4) is 0 Å². The Kier molecular flexibility index (Phi) is 7.37. The molecule has 25 heavy (non-hydrogen) atoms. The Labute approximate surface area is 153 Å². The summed E-state index contributed by atoms with van der Waals surface area (Å²) < 4.78 is 5.49. The SMILES string of the molecule is CN=C(NCC(C)CN1CCCCC1)N1CCC(N2CCOCC2)C1. The number of likely N-dealkylation sites (tertiary alicyclic amines) is 2. The van der Waals surface area contributed by atoms with Crippen molar-refractivity contribution in [3.63, 3.8) is 0 Å². The summed E-state index contributed by atoms with van der Waals surface area (Å²) in [6.07, 6.45) is 5.40. The van der Waals surface area contributed by atoms with E-state index in [2.05, 4.69) is 31.9 Å². The Hall–Kier alpha value is -0.850. The standard InChI is InChI=1S/C19H37N5O/c1-17(15-22-7-4-3-5-8-22)14-21-19(20-2)24-9-6-18(16-24)23-10-12-25-13-11-23/h17-18H,3-16H2,1-2H3,(H,20,21). The first-order valence-corrected chi connectivity index (χ1v) is 10.3. The molecule has 0 amide bonds. The molecule has 3 saturated heterocycles. The molecule has 2 unspecified atom stereocenters. The van der Waals surface area contributed by atoms with Crippen LogP contribution in [0.3, 0.4) is 0 Å². The second-order valence-corrected chi connectivity index (χ2v) is 7.93. The topological polar surface area (TPSA) is 43.3 Å². The van der Waals surface area contributed by atoms with Gasteiger partial charge in [-0.15, -0.1) is 0 Å². The van der Waals surface area contributed by atoms with Crippen LogP contribution in [0.4, 0.5) is 0 Å². The molecule has 2 atom stereocenters. The third-order valence-corrected chi connectivity index (χ3v) is 5.86. The number of piperidine rings is 1. The zero-order chi connectivity index (χ0) is 17.5. The van der Waals surface area contributed by atoms with E-state index in [0.29, 0.717) is 12.0 Å². The van der Waals surface area contributed by atoms with Gasteiger partial charge in [0.2, 0.25) is 0 Å². The maximum atomic E-state index is 5.49. The van der Waals surface area contributed by atoms with Gasteiger partial charge in [-0.05, 0) is 38.3 Å². The van der Waals surface area contributed by atoms with Crippen LogP contribution in [-0.2, 0) is 4.74 Å². The highest BCUT2D eigenvalue weighted by atomic mass is 16.5. The Morgan fingerprint density at radius 1 is 1.12 bits per heavy atom. The second-order valence-electron chi connectivity index (χ2n) is 7.93. The Morgan fingerprint density at radius 3 is 2.60 bits per heavy atom. The lowest BCUT2D eigenvalue weighted by Crippen LogP contribution is -2.47. The van der Waals surface area contributed by atoms with Crippen molar-refractivity contribution in [1.29, 1.82) is 0 Å². The Morgan fingerprint density at radius 2 is 1.88 bits per heavy atom. The minimum absolute atomic E-state index is 0.660. The van der Waals surface area contributed by atoms with Gasteiger partial charge in [0.1, 0.15) is 0 Å². The van der Waals surface area contributed by atoms with Gasteiger partial charge in [-0.3, -0.25) is 9.89 Å². The number of guanidine groups is 1. The second kappa shape index (κ2) is 9.74. The summed E-state index contributed by atoms with van der Waals surface area (Å²) >= 11 is 0. The third kappa shape index (κ3) is 5.56. The van der Waals surface area contributed by atoms with Crippen molar-refractivity contribution in [1.82, 2.24) is 20.0 Å². The molecular formula is C19H37N5O. The van der Waals surface area contributed by atoms with E-state index in [-0.39, 0.29) is 0 Å². The fourth-order valence-corrected chi connectivity index (χ4v) is 4.42. The number of nitrogens with one attached hydrogen (secondary N) is 1. The van der Waals surface area contributed by atoms with E-state index in [9.17, 15) is 0 Å². The summed E-state index contributed by atoms with van der Waals surface area (Å²) in [7, 11) is 1.92. The largest absolute Gasteiger partial charge is 0.379 e. The molecule has 0 aromatic heterocycles. The minimum Gasteiger partial charge on any atom is -0.379 e. The zero-order valence-corrected chi connectivity index (χ0v) is 16.3. The van der Waals surface area contributed by atoms with Crippen molar-refractivity contribution in [2.75, 3.05) is 72.6 Å². The average Bonchev–Trinajstić information content (AvgIpc) is 3.14. The molecule has 3 heterocycles. The molecule has 144 valence electrons. The van der Waals surface area contributed by atoms with Gasteiger partial charge in [-0.25, -0.2) is 0 Å². The quantitative estimate of drug-likeness (QED) is 0.593. The van der Waals surface area contributed by atoms with Gasteiger partial charge in [-0.2, -0.15) is 0 Å². The summed E-state index contributed by atoms with van der Waals surface area (Å²) in [5, 5.41) is 3.63. The molecular weight excluding hydrogens is 314 g/mol. The number of hydrogen-bond acceptors (Lipinski definition) is 4. The molecule has 6 nitrogen and oxygen atoms in total. The zero-order valence-electron chi connectivity index (χ0n) is 16.3. The molecule has 0 aromatic rings. The molecule has 3 fully saturated rings. The van der Waals surface area contributed by atoms with Crippen molar-refractivity contribution in [2.24, 2.45) is 10.9 Å². The van der Waals surface area contributed by atoms with Gasteiger partial charge in [-0.1, -0.05) is 13.3 Å². The Bertz CT molecular complexity index is 418. The number of hydrogen-bond donors (Lipinski definition) is 1. The molecule has 1 N–H and O–H groups in total. The fraction of sp³-hybridized carbons (Fsp3) is 0.947. The van der Waals surface area contributed by atoms with Crippen LogP contribution in [0.1, 0.15) is 32.6 Å². The molecule has 0 aromatic carbocycles. The van der Waals surface area contributed by atoms with Crippen LogP contribution in [0.5, 0.6) is 0 Å². The maximum absolute atomic E-state index is 5.49. The maximum Gasteiger partial charge on any atom is 0.193 e.